The number of pyridine rings is 1. The van der Waals surface area contributed by atoms with Crippen LogP contribution in [0.3, 0.4) is 0 Å². The number of ether oxygens (including phenoxy) is 3. The number of allylic oxidation sites excluding steroid dienone is 1. The number of fused-ring (bicyclic) bond motifs is 5. The number of hydrogen-bond acceptors (Lipinski definition) is 10. The molecule has 4 fully saturated rings. The first-order valence-corrected chi connectivity index (χ1v) is 22.4. The smallest absolute Gasteiger partial charge is 0.408 e. The summed E-state index contributed by atoms with van der Waals surface area (Å²) in [4.78, 5) is 49.4. The maximum atomic E-state index is 14.9. The number of carbonyl (C=O) groups is 3. The van der Waals surface area contributed by atoms with Gasteiger partial charge in [0, 0.05) is 23.3 Å². The minimum Gasteiger partial charge on any atom is -0.497 e. The second kappa shape index (κ2) is 15.3. The molecule has 8 rings (SSSR count). The quantitative estimate of drug-likeness (QED) is 0.216. The van der Waals surface area contributed by atoms with Gasteiger partial charge in [0.05, 0.1) is 35.2 Å². The summed E-state index contributed by atoms with van der Waals surface area (Å²) in [7, 11) is -2.27. The number of aliphatic hydroxyl groups is 1. The summed E-state index contributed by atoms with van der Waals surface area (Å²) < 4.78 is 46.4. The molecule has 6 aliphatic rings. The minimum absolute atomic E-state index is 0.0857. The molecule has 6 atom stereocenters. The zero-order valence-corrected chi connectivity index (χ0v) is 34.1. The van der Waals surface area contributed by atoms with Crippen LogP contribution in [0.15, 0.2) is 30.4 Å². The van der Waals surface area contributed by atoms with Gasteiger partial charge in [-0.15, -0.1) is 0 Å². The van der Waals surface area contributed by atoms with E-state index in [2.05, 4.69) is 15.4 Å². The first-order valence-electron chi connectivity index (χ1n) is 20.9. The lowest BCUT2D eigenvalue weighted by Gasteiger charge is -2.37. The van der Waals surface area contributed by atoms with Crippen LogP contribution in [0.1, 0.15) is 115 Å². The fourth-order valence-corrected chi connectivity index (χ4v) is 10.9. The molecule has 1 saturated heterocycles. The first kappa shape index (κ1) is 39.9. The van der Waals surface area contributed by atoms with Gasteiger partial charge in [-0.2, -0.15) is 4.72 Å². The van der Waals surface area contributed by atoms with Crippen LogP contribution in [-0.2, 0) is 37.2 Å². The Morgan fingerprint density at radius 3 is 2.61 bits per heavy atom. The molecule has 3 saturated carbocycles. The van der Waals surface area contributed by atoms with Crippen LogP contribution in [0.5, 0.6) is 11.5 Å². The molecule has 6 unspecified atom stereocenters. The number of rotatable bonds is 8. The molecule has 14 nitrogen and oxygen atoms in total. The van der Waals surface area contributed by atoms with E-state index in [0.717, 1.165) is 67.1 Å². The van der Waals surface area contributed by atoms with E-state index in [1.165, 1.54) is 4.90 Å². The van der Waals surface area contributed by atoms with Crippen LogP contribution in [0, 0.1) is 5.92 Å². The molecular formula is C42H57N5O9S. The summed E-state index contributed by atoms with van der Waals surface area (Å²) in [6.07, 6.45) is 11.7. The Hall–Kier alpha value is -3.95. The van der Waals surface area contributed by atoms with Crippen LogP contribution in [0.25, 0.3) is 10.9 Å². The molecule has 1 spiro atoms. The van der Waals surface area contributed by atoms with Crippen LogP contribution >= 0.6 is 0 Å². The lowest BCUT2D eigenvalue weighted by molar-refractivity contribution is -0.141. The number of nitrogens with zero attached hydrogens (tertiary/aromatic N) is 2. The number of sulfonamides is 1. The van der Waals surface area contributed by atoms with Gasteiger partial charge >= 0.3 is 6.09 Å². The fourth-order valence-electron chi connectivity index (χ4n) is 9.43. The number of alkyl carbamates (subject to hydrolysis) is 1. The fraction of sp³-hybridized carbons (Fsp3) is 0.667. The monoisotopic (exact) mass is 807 g/mol. The van der Waals surface area contributed by atoms with Crippen molar-refractivity contribution in [2.45, 2.75) is 157 Å². The Morgan fingerprint density at radius 2 is 1.88 bits per heavy atom. The van der Waals surface area contributed by atoms with Crippen molar-refractivity contribution < 1.29 is 42.1 Å². The molecule has 0 bridgehead atoms. The van der Waals surface area contributed by atoms with Crippen molar-refractivity contribution in [2.75, 3.05) is 13.7 Å². The Labute approximate surface area is 334 Å². The zero-order chi connectivity index (χ0) is 40.2. The Balaban J connectivity index is 1.13. The highest BCUT2D eigenvalue weighted by Crippen LogP contribution is 2.50. The van der Waals surface area contributed by atoms with E-state index in [1.54, 1.807) is 14.0 Å². The number of aryl methyl sites for hydroxylation is 2. The lowest BCUT2D eigenvalue weighted by atomic mass is 9.87. The third-order valence-electron chi connectivity index (χ3n) is 13.5. The largest absolute Gasteiger partial charge is 0.497 e. The van der Waals surface area contributed by atoms with Crippen molar-refractivity contribution in [1.29, 1.82) is 0 Å². The molecular weight excluding hydrogens is 751 g/mol. The van der Waals surface area contributed by atoms with E-state index < -0.39 is 62.1 Å². The van der Waals surface area contributed by atoms with Crippen LogP contribution in [0.4, 0.5) is 4.79 Å². The molecule has 0 radical (unpaired) electrons. The number of hydrogen-bond donors (Lipinski definition) is 4. The zero-order valence-electron chi connectivity index (χ0n) is 33.3. The van der Waals surface area contributed by atoms with Crippen molar-refractivity contribution in [3.8, 4) is 11.5 Å². The molecule has 15 heteroatoms. The van der Waals surface area contributed by atoms with Crippen molar-refractivity contribution in [3.63, 3.8) is 0 Å². The SMILES string of the molecule is CCc1nc2ccc(OC)cc2c2c1OC1(CC2)CC2C(=O)NC3(C(O)NS(=O)(=O)C4(C)CC4)CC3C=CCCCCCC(NC(=O)OC3CCCC3)C(=O)N2C1. The molecule has 4 heterocycles. The summed E-state index contributed by atoms with van der Waals surface area (Å²) in [5, 5.41) is 18.5. The molecule has 2 aromatic rings. The third-order valence-corrected chi connectivity index (χ3v) is 15.7. The number of nitrogens with one attached hydrogen (secondary N) is 3. The van der Waals surface area contributed by atoms with Gasteiger partial charge in [-0.25, -0.2) is 18.2 Å². The molecule has 3 amide bonds. The summed E-state index contributed by atoms with van der Waals surface area (Å²) >= 11 is 0. The summed E-state index contributed by atoms with van der Waals surface area (Å²) in [6.45, 7) is 3.75. The van der Waals surface area contributed by atoms with Crippen LogP contribution < -0.4 is 24.8 Å². The molecule has 1 aromatic heterocycles. The van der Waals surface area contributed by atoms with Gasteiger partial charge < -0.3 is 34.9 Å². The number of carbonyl (C=O) groups excluding carboxylic acids is 3. The molecule has 57 heavy (non-hydrogen) atoms. The Bertz CT molecular complexity index is 2050. The average molecular weight is 808 g/mol. The maximum absolute atomic E-state index is 14.9. The predicted octanol–water partition coefficient (Wildman–Crippen LogP) is 4.69. The predicted molar refractivity (Wildman–Crippen MR) is 212 cm³/mol. The highest BCUT2D eigenvalue weighted by atomic mass is 32.2. The normalized spacial score (nSPS) is 30.6. The van der Waals surface area contributed by atoms with E-state index in [4.69, 9.17) is 19.2 Å². The maximum Gasteiger partial charge on any atom is 0.408 e. The number of methoxy groups -OCH3 is 1. The van der Waals surface area contributed by atoms with Gasteiger partial charge in [-0.05, 0) is 109 Å². The third kappa shape index (κ3) is 7.71. The second-order valence-corrected chi connectivity index (χ2v) is 19.7. The summed E-state index contributed by atoms with van der Waals surface area (Å²) in [6, 6.07) is 3.80. The van der Waals surface area contributed by atoms with E-state index in [1.807, 2.05) is 37.3 Å². The van der Waals surface area contributed by atoms with Gasteiger partial charge in [-0.1, -0.05) is 31.9 Å². The van der Waals surface area contributed by atoms with Crippen molar-refractivity contribution >= 4 is 38.8 Å². The van der Waals surface area contributed by atoms with Gasteiger partial charge in [0.25, 0.3) is 0 Å². The Kier molecular flexibility index (Phi) is 10.7. The van der Waals surface area contributed by atoms with Crippen molar-refractivity contribution in [2.24, 2.45) is 5.92 Å². The topological polar surface area (TPSA) is 185 Å². The van der Waals surface area contributed by atoms with E-state index in [9.17, 15) is 27.9 Å². The van der Waals surface area contributed by atoms with Crippen LogP contribution in [0.2, 0.25) is 0 Å². The molecule has 3 aliphatic heterocycles. The molecule has 4 N–H and O–H groups in total. The molecule has 3 aliphatic carbocycles. The Morgan fingerprint density at radius 1 is 1.11 bits per heavy atom. The lowest BCUT2D eigenvalue weighted by Crippen LogP contribution is -2.60. The van der Waals surface area contributed by atoms with Gasteiger partial charge in [0.15, 0.2) is 0 Å². The van der Waals surface area contributed by atoms with E-state index in [0.29, 0.717) is 62.9 Å². The van der Waals surface area contributed by atoms with Gasteiger partial charge in [0.1, 0.15) is 41.5 Å². The standard InChI is InChI=1S/C42H57N5O9S/c1-4-31-35-29(30-22-28(54-3)16-17-32(30)43-31)18-19-41(56-35)24-34-36(48)45-42(38(50)46-57(52,53)40(2)20-21-40)23-26(42)12-8-6-5-7-9-15-33(37(49)47(34)25-41)44-39(51)55-27-13-10-11-14-27/h8,12,16-17,22,26-27,33-34,38,46,50H,4-7,9-11,13-15,18-21,23-25H2,1-3H3,(H,44,51)(H,45,48). The highest BCUT2D eigenvalue weighted by molar-refractivity contribution is 7.91. The number of aliphatic hydroxyl groups excluding tert-OH is 1. The molecule has 1 aromatic carbocycles. The number of aromatic nitrogens is 1. The van der Waals surface area contributed by atoms with E-state index in [-0.39, 0.29) is 25.0 Å². The van der Waals surface area contributed by atoms with Crippen molar-refractivity contribution in [3.05, 3.63) is 41.6 Å². The van der Waals surface area contributed by atoms with Gasteiger partial charge in [0.2, 0.25) is 21.8 Å². The van der Waals surface area contributed by atoms with Crippen LogP contribution in [-0.4, -0.2) is 95.3 Å². The average Bonchev–Trinajstić information content (AvgIpc) is 3.99. The minimum atomic E-state index is -3.89. The summed E-state index contributed by atoms with van der Waals surface area (Å²) in [5.74, 6) is 0.113. The van der Waals surface area contributed by atoms with Crippen molar-refractivity contribution in [1.82, 2.24) is 25.2 Å². The highest BCUT2D eigenvalue weighted by Gasteiger charge is 2.63. The number of amides is 3. The summed E-state index contributed by atoms with van der Waals surface area (Å²) in [5.41, 5.74) is 0.349. The second-order valence-electron chi connectivity index (χ2n) is 17.5. The molecule has 310 valence electrons. The van der Waals surface area contributed by atoms with Gasteiger partial charge in [-0.3, -0.25) is 9.59 Å². The number of benzene rings is 1. The van der Waals surface area contributed by atoms with E-state index >= 15 is 0 Å². The first-order chi connectivity index (χ1) is 27.3.